The third-order valence-electron chi connectivity index (χ3n) is 4.72. The number of pyridine rings is 1. The van der Waals surface area contributed by atoms with Crippen LogP contribution < -0.4 is 5.32 Å². The molecule has 0 radical (unpaired) electrons. The van der Waals surface area contributed by atoms with E-state index in [4.69, 9.17) is 16.3 Å². The molecule has 1 aliphatic rings. The highest BCUT2D eigenvalue weighted by Gasteiger charge is 2.27. The number of aromatic nitrogens is 1. The van der Waals surface area contributed by atoms with Crippen molar-refractivity contribution >= 4 is 17.5 Å². The van der Waals surface area contributed by atoms with Gasteiger partial charge in [0, 0.05) is 32.0 Å². The second-order valence-electron chi connectivity index (χ2n) is 6.53. The highest BCUT2D eigenvalue weighted by Crippen LogP contribution is 2.30. The summed E-state index contributed by atoms with van der Waals surface area (Å²) in [7, 11) is 0. The topological polar surface area (TPSA) is 51.2 Å². The predicted octanol–water partition coefficient (Wildman–Crippen LogP) is 4.09. The summed E-state index contributed by atoms with van der Waals surface area (Å²) in [4.78, 5) is 16.7. The number of nitrogens with zero attached hydrogens (tertiary/aromatic N) is 1. The first kappa shape index (κ1) is 18.8. The van der Waals surface area contributed by atoms with Crippen LogP contribution in [0.15, 0.2) is 42.7 Å². The Balaban J connectivity index is 1.63. The first-order valence-electron chi connectivity index (χ1n) is 8.84. The minimum absolute atomic E-state index is 0.0363. The second-order valence-corrected chi connectivity index (χ2v) is 6.94. The average molecular weight is 377 g/mol. The van der Waals surface area contributed by atoms with Crippen molar-refractivity contribution in [3.8, 4) is 0 Å². The molecule has 4 nitrogen and oxygen atoms in total. The maximum Gasteiger partial charge on any atom is 0.220 e. The highest BCUT2D eigenvalue weighted by atomic mass is 35.5. The van der Waals surface area contributed by atoms with E-state index in [0.717, 1.165) is 24.0 Å². The van der Waals surface area contributed by atoms with Gasteiger partial charge >= 0.3 is 0 Å². The maximum atomic E-state index is 13.2. The molecular formula is C20H22ClFN2O2. The van der Waals surface area contributed by atoms with Crippen LogP contribution in [0.25, 0.3) is 0 Å². The summed E-state index contributed by atoms with van der Waals surface area (Å²) < 4.78 is 18.7. The molecular weight excluding hydrogens is 355 g/mol. The van der Waals surface area contributed by atoms with Crippen molar-refractivity contribution in [2.24, 2.45) is 5.92 Å². The molecule has 1 saturated heterocycles. The largest absolute Gasteiger partial charge is 0.381 e. The van der Waals surface area contributed by atoms with Gasteiger partial charge in [0.2, 0.25) is 5.91 Å². The van der Waals surface area contributed by atoms with E-state index in [0.29, 0.717) is 32.0 Å². The van der Waals surface area contributed by atoms with Gasteiger partial charge in [-0.1, -0.05) is 23.7 Å². The molecule has 0 spiro atoms. The second kappa shape index (κ2) is 9.10. The van der Waals surface area contributed by atoms with Crippen LogP contribution in [0.2, 0.25) is 5.02 Å². The molecule has 1 aromatic heterocycles. The number of carbonyl (C=O) groups is 1. The Morgan fingerprint density at radius 2 is 2.15 bits per heavy atom. The van der Waals surface area contributed by atoms with E-state index in [9.17, 15) is 9.18 Å². The summed E-state index contributed by atoms with van der Waals surface area (Å²) in [5, 5.41) is 3.24. The van der Waals surface area contributed by atoms with Crippen molar-refractivity contribution < 1.29 is 13.9 Å². The van der Waals surface area contributed by atoms with E-state index in [1.807, 2.05) is 12.1 Å². The van der Waals surface area contributed by atoms with Gasteiger partial charge in [0.25, 0.3) is 0 Å². The lowest BCUT2D eigenvalue weighted by Crippen LogP contribution is -2.36. The van der Waals surface area contributed by atoms with Gasteiger partial charge in [0.15, 0.2) is 0 Å². The lowest BCUT2D eigenvalue weighted by atomic mass is 9.87. The quantitative estimate of drug-likeness (QED) is 0.826. The maximum absolute atomic E-state index is 13.2. The standard InChI is InChI=1S/C20H22ClFN2O2/c21-17-12-14(3-5-18(17)22)4-6-19(25)24-20(15-7-10-26-11-8-15)16-2-1-9-23-13-16/h1-3,5,9,12-13,15,20H,4,6-8,10-11H2,(H,24,25). The van der Waals surface area contributed by atoms with Crippen molar-refractivity contribution in [3.05, 3.63) is 64.7 Å². The van der Waals surface area contributed by atoms with Crippen molar-refractivity contribution in [1.29, 1.82) is 0 Å². The van der Waals surface area contributed by atoms with Crippen LogP contribution in [0.3, 0.4) is 0 Å². The van der Waals surface area contributed by atoms with Crippen LogP contribution >= 0.6 is 11.6 Å². The molecule has 2 heterocycles. The van der Waals surface area contributed by atoms with Crippen LogP contribution in [0.1, 0.15) is 36.4 Å². The number of hydrogen-bond donors (Lipinski definition) is 1. The molecule has 1 N–H and O–H groups in total. The third kappa shape index (κ3) is 5.02. The van der Waals surface area contributed by atoms with Crippen LogP contribution in [0.5, 0.6) is 0 Å². The minimum atomic E-state index is -0.448. The summed E-state index contributed by atoms with van der Waals surface area (Å²) in [5.41, 5.74) is 1.85. The summed E-state index contributed by atoms with van der Waals surface area (Å²) in [6.45, 7) is 1.43. The van der Waals surface area contributed by atoms with E-state index in [1.54, 1.807) is 24.5 Å². The fourth-order valence-electron chi connectivity index (χ4n) is 3.28. The van der Waals surface area contributed by atoms with Gasteiger partial charge in [-0.2, -0.15) is 0 Å². The van der Waals surface area contributed by atoms with Crippen molar-refractivity contribution in [2.75, 3.05) is 13.2 Å². The number of amides is 1. The van der Waals surface area contributed by atoms with Crippen LogP contribution in [0, 0.1) is 11.7 Å². The molecule has 1 aromatic carbocycles. The summed E-state index contributed by atoms with van der Waals surface area (Å²) in [5.74, 6) is -0.154. The Bertz CT molecular complexity index is 736. The summed E-state index contributed by atoms with van der Waals surface area (Å²) in [6.07, 6.45) is 6.19. The smallest absolute Gasteiger partial charge is 0.220 e. The van der Waals surface area contributed by atoms with Crippen LogP contribution in [-0.2, 0) is 16.0 Å². The molecule has 0 aliphatic carbocycles. The zero-order valence-electron chi connectivity index (χ0n) is 14.5. The Morgan fingerprint density at radius 1 is 1.35 bits per heavy atom. The molecule has 6 heteroatoms. The molecule has 0 bridgehead atoms. The van der Waals surface area contributed by atoms with Gasteiger partial charge in [0.05, 0.1) is 11.1 Å². The van der Waals surface area contributed by atoms with Crippen molar-refractivity contribution in [2.45, 2.75) is 31.7 Å². The van der Waals surface area contributed by atoms with Gasteiger partial charge in [-0.25, -0.2) is 4.39 Å². The number of carbonyl (C=O) groups excluding carboxylic acids is 1. The van der Waals surface area contributed by atoms with Gasteiger partial charge < -0.3 is 10.1 Å². The Kier molecular flexibility index (Phi) is 6.58. The van der Waals surface area contributed by atoms with Gasteiger partial charge in [-0.15, -0.1) is 0 Å². The van der Waals surface area contributed by atoms with Crippen LogP contribution in [-0.4, -0.2) is 24.1 Å². The van der Waals surface area contributed by atoms with E-state index in [2.05, 4.69) is 10.3 Å². The minimum Gasteiger partial charge on any atom is -0.381 e. The Labute approximate surface area is 157 Å². The molecule has 1 fully saturated rings. The first-order chi connectivity index (χ1) is 12.6. The van der Waals surface area contributed by atoms with E-state index in [1.165, 1.54) is 6.07 Å². The van der Waals surface area contributed by atoms with Gasteiger partial charge in [-0.3, -0.25) is 9.78 Å². The number of halogens is 2. The number of aryl methyl sites for hydroxylation is 1. The SMILES string of the molecule is O=C(CCc1ccc(F)c(Cl)c1)NC(c1cccnc1)C1CCOCC1. The first-order valence-corrected chi connectivity index (χ1v) is 9.22. The lowest BCUT2D eigenvalue weighted by Gasteiger charge is -2.31. The zero-order valence-corrected chi connectivity index (χ0v) is 15.2. The molecule has 2 aromatic rings. The normalized spacial score (nSPS) is 16.2. The molecule has 1 amide bonds. The van der Waals surface area contributed by atoms with Crippen molar-refractivity contribution in [3.63, 3.8) is 0 Å². The Hall–Kier alpha value is -1.98. The molecule has 138 valence electrons. The average Bonchev–Trinajstić information content (AvgIpc) is 2.68. The fourth-order valence-corrected chi connectivity index (χ4v) is 3.48. The number of hydrogen-bond acceptors (Lipinski definition) is 3. The number of benzene rings is 1. The molecule has 0 saturated carbocycles. The lowest BCUT2D eigenvalue weighted by molar-refractivity contribution is -0.122. The molecule has 3 rings (SSSR count). The highest BCUT2D eigenvalue weighted by molar-refractivity contribution is 6.30. The van der Waals surface area contributed by atoms with Gasteiger partial charge in [0.1, 0.15) is 5.82 Å². The van der Waals surface area contributed by atoms with Crippen molar-refractivity contribution in [1.82, 2.24) is 10.3 Å². The van der Waals surface area contributed by atoms with E-state index >= 15 is 0 Å². The molecule has 1 unspecified atom stereocenters. The Morgan fingerprint density at radius 3 is 2.85 bits per heavy atom. The van der Waals surface area contributed by atoms with E-state index in [-0.39, 0.29) is 17.0 Å². The van der Waals surface area contributed by atoms with Crippen LogP contribution in [0.4, 0.5) is 4.39 Å². The van der Waals surface area contributed by atoms with Gasteiger partial charge in [-0.05, 0) is 54.5 Å². The molecule has 1 atom stereocenters. The summed E-state index contributed by atoms with van der Waals surface area (Å²) in [6, 6.07) is 8.36. The number of nitrogens with one attached hydrogen (secondary N) is 1. The van der Waals surface area contributed by atoms with E-state index < -0.39 is 5.82 Å². The monoisotopic (exact) mass is 376 g/mol. The number of rotatable bonds is 6. The number of ether oxygens (including phenoxy) is 1. The molecule has 26 heavy (non-hydrogen) atoms. The predicted molar refractivity (Wildman–Crippen MR) is 98.4 cm³/mol. The molecule has 1 aliphatic heterocycles. The third-order valence-corrected chi connectivity index (χ3v) is 5.01. The summed E-state index contributed by atoms with van der Waals surface area (Å²) >= 11 is 5.80. The fraction of sp³-hybridized carbons (Fsp3) is 0.400. The zero-order chi connectivity index (χ0) is 18.4.